The van der Waals surface area contributed by atoms with Crippen molar-refractivity contribution in [3.8, 4) is 17.1 Å². The van der Waals surface area contributed by atoms with E-state index >= 15 is 0 Å². The van der Waals surface area contributed by atoms with Crippen molar-refractivity contribution in [3.63, 3.8) is 0 Å². The van der Waals surface area contributed by atoms with Gasteiger partial charge in [0.05, 0.1) is 13.2 Å². The van der Waals surface area contributed by atoms with Crippen LogP contribution >= 0.6 is 0 Å². The smallest absolute Gasteiger partial charge is 0.263 e. The highest BCUT2D eigenvalue weighted by atomic mass is 19.3. The number of rotatable bonds is 3. The fourth-order valence-corrected chi connectivity index (χ4v) is 3.13. The van der Waals surface area contributed by atoms with Gasteiger partial charge in [0.25, 0.3) is 5.92 Å². The van der Waals surface area contributed by atoms with Crippen LogP contribution in [0.4, 0.5) is 8.78 Å². The van der Waals surface area contributed by atoms with Gasteiger partial charge in [0, 0.05) is 24.3 Å². The monoisotopic (exact) mass is 321 g/mol. The SMILES string of the molecule is FC1(F)CNCCC1Cc1nc(-c2ccc3c(c2)CCO3)no1. The van der Waals surface area contributed by atoms with Gasteiger partial charge in [-0.1, -0.05) is 5.16 Å². The van der Waals surface area contributed by atoms with Gasteiger partial charge in [0.1, 0.15) is 5.75 Å². The minimum absolute atomic E-state index is 0.107. The van der Waals surface area contributed by atoms with Crippen molar-refractivity contribution in [2.45, 2.75) is 25.2 Å². The Hall–Kier alpha value is -2.02. The van der Waals surface area contributed by atoms with Crippen molar-refractivity contribution in [3.05, 3.63) is 29.7 Å². The minimum atomic E-state index is -2.74. The minimum Gasteiger partial charge on any atom is -0.493 e. The van der Waals surface area contributed by atoms with Gasteiger partial charge in [0.15, 0.2) is 0 Å². The number of nitrogens with one attached hydrogen (secondary N) is 1. The molecule has 0 aliphatic carbocycles. The molecule has 1 saturated heterocycles. The van der Waals surface area contributed by atoms with E-state index in [4.69, 9.17) is 9.26 Å². The number of nitrogens with zero attached hydrogens (tertiary/aromatic N) is 2. The van der Waals surface area contributed by atoms with E-state index in [1.54, 1.807) is 0 Å². The average molecular weight is 321 g/mol. The standard InChI is InChI=1S/C16H17F2N3O2/c17-16(18)9-19-5-3-12(16)8-14-20-15(21-23-14)11-1-2-13-10(7-11)4-6-22-13/h1-2,7,12,19H,3-6,8-9H2. The summed E-state index contributed by atoms with van der Waals surface area (Å²) < 4.78 is 38.4. The summed E-state index contributed by atoms with van der Waals surface area (Å²) >= 11 is 0. The molecule has 2 aliphatic rings. The van der Waals surface area contributed by atoms with Gasteiger partial charge in [-0.15, -0.1) is 0 Å². The number of fused-ring (bicyclic) bond motifs is 1. The quantitative estimate of drug-likeness (QED) is 0.941. The molecule has 5 nitrogen and oxygen atoms in total. The lowest BCUT2D eigenvalue weighted by atomic mass is 9.91. The molecule has 2 aromatic rings. The lowest BCUT2D eigenvalue weighted by Gasteiger charge is -2.30. The van der Waals surface area contributed by atoms with Crippen LogP contribution in [-0.4, -0.2) is 35.8 Å². The largest absolute Gasteiger partial charge is 0.493 e. The van der Waals surface area contributed by atoms with Crippen molar-refractivity contribution in [1.82, 2.24) is 15.5 Å². The molecular formula is C16H17F2N3O2. The average Bonchev–Trinajstić information content (AvgIpc) is 3.17. The molecule has 1 aromatic carbocycles. The van der Waals surface area contributed by atoms with Gasteiger partial charge < -0.3 is 14.6 Å². The maximum Gasteiger partial charge on any atom is 0.263 e. The van der Waals surface area contributed by atoms with Gasteiger partial charge in [-0.25, -0.2) is 8.78 Å². The fraction of sp³-hybridized carbons (Fsp3) is 0.500. The summed E-state index contributed by atoms with van der Waals surface area (Å²) in [4.78, 5) is 4.29. The topological polar surface area (TPSA) is 60.2 Å². The molecular weight excluding hydrogens is 304 g/mol. The Morgan fingerprint density at radius 1 is 1.35 bits per heavy atom. The zero-order valence-corrected chi connectivity index (χ0v) is 12.5. The number of benzene rings is 1. The highest BCUT2D eigenvalue weighted by Crippen LogP contribution is 2.33. The number of aromatic nitrogens is 2. The van der Waals surface area contributed by atoms with Crippen molar-refractivity contribution in [1.29, 1.82) is 0 Å². The summed E-state index contributed by atoms with van der Waals surface area (Å²) in [7, 11) is 0. The van der Waals surface area contributed by atoms with Crippen LogP contribution in [0.2, 0.25) is 0 Å². The summed E-state index contributed by atoms with van der Waals surface area (Å²) in [6, 6.07) is 5.71. The number of alkyl halides is 2. The molecule has 4 rings (SSSR count). The van der Waals surface area contributed by atoms with Crippen molar-refractivity contribution in [2.75, 3.05) is 19.7 Å². The van der Waals surface area contributed by atoms with Crippen LogP contribution in [-0.2, 0) is 12.8 Å². The van der Waals surface area contributed by atoms with Gasteiger partial charge >= 0.3 is 0 Å². The second-order valence-electron chi connectivity index (χ2n) is 6.06. The Kier molecular flexibility index (Phi) is 3.52. The van der Waals surface area contributed by atoms with E-state index in [0.29, 0.717) is 25.4 Å². The van der Waals surface area contributed by atoms with E-state index in [2.05, 4.69) is 15.5 Å². The number of piperidine rings is 1. The second-order valence-corrected chi connectivity index (χ2v) is 6.06. The third-order valence-electron chi connectivity index (χ3n) is 4.46. The lowest BCUT2D eigenvalue weighted by molar-refractivity contribution is -0.0748. The van der Waals surface area contributed by atoms with Crippen LogP contribution in [0.3, 0.4) is 0 Å². The Morgan fingerprint density at radius 2 is 2.26 bits per heavy atom. The van der Waals surface area contributed by atoms with Gasteiger partial charge in [-0.2, -0.15) is 4.98 Å². The zero-order chi connectivity index (χ0) is 15.9. The molecule has 1 fully saturated rings. The number of ether oxygens (including phenoxy) is 1. The Morgan fingerprint density at radius 3 is 3.13 bits per heavy atom. The Balaban J connectivity index is 1.53. The molecule has 1 aromatic heterocycles. The first-order valence-corrected chi connectivity index (χ1v) is 7.79. The molecule has 2 aliphatic heterocycles. The summed E-state index contributed by atoms with van der Waals surface area (Å²) in [5, 5.41) is 6.65. The highest BCUT2D eigenvalue weighted by Gasteiger charge is 2.42. The molecule has 0 bridgehead atoms. The maximum absolute atomic E-state index is 13.9. The Bertz CT molecular complexity index is 717. The molecule has 0 saturated carbocycles. The van der Waals surface area contributed by atoms with Crippen LogP contribution in [0.1, 0.15) is 17.9 Å². The molecule has 122 valence electrons. The van der Waals surface area contributed by atoms with Crippen molar-refractivity contribution in [2.24, 2.45) is 5.92 Å². The third kappa shape index (κ3) is 2.81. The highest BCUT2D eigenvalue weighted by molar-refractivity contribution is 5.59. The Labute approximate surface area is 132 Å². The first-order chi connectivity index (χ1) is 11.1. The number of halogens is 2. The number of hydrogen-bond donors (Lipinski definition) is 1. The molecule has 0 spiro atoms. The van der Waals surface area contributed by atoms with Crippen LogP contribution in [0, 0.1) is 5.92 Å². The maximum atomic E-state index is 13.9. The van der Waals surface area contributed by atoms with Crippen LogP contribution in [0.5, 0.6) is 5.75 Å². The van der Waals surface area contributed by atoms with E-state index in [0.717, 1.165) is 23.3 Å². The molecule has 3 heterocycles. The third-order valence-corrected chi connectivity index (χ3v) is 4.46. The molecule has 7 heteroatoms. The molecule has 1 unspecified atom stereocenters. The summed E-state index contributed by atoms with van der Waals surface area (Å²) in [5.74, 6) is -1.91. The predicted molar refractivity (Wildman–Crippen MR) is 78.6 cm³/mol. The zero-order valence-electron chi connectivity index (χ0n) is 12.5. The first-order valence-electron chi connectivity index (χ1n) is 7.79. The van der Waals surface area contributed by atoms with Crippen LogP contribution < -0.4 is 10.1 Å². The van der Waals surface area contributed by atoms with E-state index in [1.807, 2.05) is 18.2 Å². The predicted octanol–water partition coefficient (Wildman–Crippen LogP) is 2.46. The van der Waals surface area contributed by atoms with E-state index < -0.39 is 11.8 Å². The van der Waals surface area contributed by atoms with E-state index in [-0.39, 0.29) is 18.9 Å². The second kappa shape index (κ2) is 5.56. The van der Waals surface area contributed by atoms with Gasteiger partial charge in [-0.3, -0.25) is 0 Å². The summed E-state index contributed by atoms with van der Waals surface area (Å²) in [5.41, 5.74) is 1.93. The van der Waals surface area contributed by atoms with Gasteiger partial charge in [-0.05, 0) is 36.7 Å². The summed E-state index contributed by atoms with van der Waals surface area (Å²) in [6.45, 7) is 0.983. The molecule has 1 N–H and O–H groups in total. The molecule has 1 atom stereocenters. The molecule has 23 heavy (non-hydrogen) atoms. The van der Waals surface area contributed by atoms with Crippen molar-refractivity contribution < 1.29 is 18.0 Å². The van der Waals surface area contributed by atoms with E-state index in [1.165, 1.54) is 0 Å². The van der Waals surface area contributed by atoms with Crippen LogP contribution in [0.15, 0.2) is 22.7 Å². The first kappa shape index (κ1) is 14.6. The normalized spacial score (nSPS) is 22.6. The molecule has 0 radical (unpaired) electrons. The number of hydrogen-bond acceptors (Lipinski definition) is 5. The van der Waals surface area contributed by atoms with Crippen LogP contribution in [0.25, 0.3) is 11.4 Å². The fourth-order valence-electron chi connectivity index (χ4n) is 3.13. The summed E-state index contributed by atoms with van der Waals surface area (Å²) in [6.07, 6.45) is 1.37. The van der Waals surface area contributed by atoms with E-state index in [9.17, 15) is 8.78 Å². The van der Waals surface area contributed by atoms with Crippen molar-refractivity contribution >= 4 is 0 Å². The lowest BCUT2D eigenvalue weighted by Crippen LogP contribution is -2.46. The molecule has 0 amide bonds. The van der Waals surface area contributed by atoms with Gasteiger partial charge in [0.2, 0.25) is 11.7 Å².